The van der Waals surface area contributed by atoms with Crippen LogP contribution in [0, 0.1) is 0 Å². The van der Waals surface area contributed by atoms with E-state index in [0.29, 0.717) is 5.69 Å². The van der Waals surface area contributed by atoms with Crippen LogP contribution in [0.5, 0.6) is 0 Å². The maximum Gasteiger partial charge on any atom is 0.374 e. The zero-order valence-corrected chi connectivity index (χ0v) is 10.4. The van der Waals surface area contributed by atoms with Gasteiger partial charge in [-0.1, -0.05) is 0 Å². The fraction of sp³-hybridized carbons (Fsp3) is 0.154. The van der Waals surface area contributed by atoms with Crippen LogP contribution >= 0.6 is 0 Å². The summed E-state index contributed by atoms with van der Waals surface area (Å²) in [5.74, 6) is -1.12. The first-order valence-electron chi connectivity index (χ1n) is 5.45. The third-order valence-corrected chi connectivity index (χ3v) is 2.43. The van der Waals surface area contributed by atoms with Crippen molar-refractivity contribution in [2.45, 2.75) is 6.92 Å². The largest absolute Gasteiger partial charge is 0.463 e. The number of anilines is 1. The molecule has 0 aliphatic heterocycles. The normalized spacial score (nSPS) is 10.2. The lowest BCUT2D eigenvalue weighted by Crippen LogP contribution is -2.10. The lowest BCUT2D eigenvalue weighted by atomic mass is 10.2. The van der Waals surface area contributed by atoms with Crippen molar-refractivity contribution < 1.29 is 18.7 Å². The third-order valence-electron chi connectivity index (χ3n) is 2.43. The molecule has 1 amide bonds. The van der Waals surface area contributed by atoms with E-state index in [1.165, 1.54) is 26.2 Å². The number of amides is 1. The van der Waals surface area contributed by atoms with Crippen molar-refractivity contribution >= 4 is 28.5 Å². The molecule has 6 heteroatoms. The Bertz CT molecular complexity index is 717. The van der Waals surface area contributed by atoms with Crippen LogP contribution in [0.25, 0.3) is 11.0 Å². The molecule has 0 aliphatic rings. The third kappa shape index (κ3) is 2.62. The summed E-state index contributed by atoms with van der Waals surface area (Å²) in [4.78, 5) is 34.1. The Hall–Kier alpha value is -2.63. The summed E-state index contributed by atoms with van der Waals surface area (Å²) in [6.07, 6.45) is 0. The minimum Gasteiger partial charge on any atom is -0.463 e. The van der Waals surface area contributed by atoms with Gasteiger partial charge in [0.15, 0.2) is 5.43 Å². The molecule has 98 valence electrons. The summed E-state index contributed by atoms with van der Waals surface area (Å²) in [5, 5.41) is 2.84. The van der Waals surface area contributed by atoms with E-state index in [1.807, 2.05) is 0 Å². The van der Waals surface area contributed by atoms with Crippen molar-refractivity contribution in [3.8, 4) is 0 Å². The Morgan fingerprint density at radius 3 is 2.63 bits per heavy atom. The zero-order valence-electron chi connectivity index (χ0n) is 10.4. The number of methoxy groups -OCH3 is 1. The molecular weight excluding hydrogens is 250 g/mol. The standard InChI is InChI=1S/C13H11NO5/c1-7(15)14-8-3-4-11-9(5-8)10(16)6-12(19-11)13(17)18-2/h3-6H,1-2H3,(H,14,15). The maximum atomic E-state index is 11.9. The van der Waals surface area contributed by atoms with E-state index < -0.39 is 5.97 Å². The summed E-state index contributed by atoms with van der Waals surface area (Å²) < 4.78 is 9.76. The molecule has 1 aromatic carbocycles. The number of nitrogens with one attached hydrogen (secondary N) is 1. The molecule has 0 atom stereocenters. The van der Waals surface area contributed by atoms with Crippen LogP contribution in [0.4, 0.5) is 5.69 Å². The van der Waals surface area contributed by atoms with Crippen molar-refractivity contribution in [2.75, 3.05) is 12.4 Å². The van der Waals surface area contributed by atoms with Gasteiger partial charge in [0, 0.05) is 18.7 Å². The lowest BCUT2D eigenvalue weighted by molar-refractivity contribution is -0.114. The number of fused-ring (bicyclic) bond motifs is 1. The molecule has 6 nitrogen and oxygen atoms in total. The van der Waals surface area contributed by atoms with Crippen LogP contribution in [0.3, 0.4) is 0 Å². The van der Waals surface area contributed by atoms with Gasteiger partial charge in [-0.3, -0.25) is 9.59 Å². The van der Waals surface area contributed by atoms with Gasteiger partial charge < -0.3 is 14.5 Å². The fourth-order valence-corrected chi connectivity index (χ4v) is 1.64. The summed E-state index contributed by atoms with van der Waals surface area (Å²) >= 11 is 0. The van der Waals surface area contributed by atoms with E-state index in [9.17, 15) is 14.4 Å². The highest BCUT2D eigenvalue weighted by molar-refractivity contribution is 5.93. The molecule has 0 radical (unpaired) electrons. The minimum atomic E-state index is -0.718. The van der Waals surface area contributed by atoms with Crippen molar-refractivity contribution in [1.29, 1.82) is 0 Å². The van der Waals surface area contributed by atoms with Crippen LogP contribution in [0.2, 0.25) is 0 Å². The van der Waals surface area contributed by atoms with Gasteiger partial charge in [0.1, 0.15) is 5.58 Å². The van der Waals surface area contributed by atoms with Gasteiger partial charge in [0.25, 0.3) is 0 Å². The molecule has 0 bridgehead atoms. The molecule has 0 spiro atoms. The highest BCUT2D eigenvalue weighted by Crippen LogP contribution is 2.18. The Balaban J connectivity index is 2.57. The summed E-state index contributed by atoms with van der Waals surface area (Å²) in [6.45, 7) is 1.37. The van der Waals surface area contributed by atoms with Crippen LogP contribution < -0.4 is 10.7 Å². The van der Waals surface area contributed by atoms with Gasteiger partial charge in [-0.2, -0.15) is 0 Å². The molecule has 0 fully saturated rings. The topological polar surface area (TPSA) is 85.6 Å². The number of carbonyl (C=O) groups excluding carboxylic acids is 2. The molecule has 1 heterocycles. The number of ether oxygens (including phenoxy) is 1. The number of hydrogen-bond acceptors (Lipinski definition) is 5. The Labute approximate surface area is 108 Å². The van der Waals surface area contributed by atoms with Gasteiger partial charge in [-0.05, 0) is 18.2 Å². The van der Waals surface area contributed by atoms with Crippen LogP contribution in [-0.4, -0.2) is 19.0 Å². The minimum absolute atomic E-state index is 0.160. The first-order valence-corrected chi connectivity index (χ1v) is 5.45. The highest BCUT2D eigenvalue weighted by atomic mass is 16.5. The average molecular weight is 261 g/mol. The summed E-state index contributed by atoms with van der Waals surface area (Å²) in [6, 6.07) is 5.64. The molecule has 0 aliphatic carbocycles. The SMILES string of the molecule is COC(=O)c1cc(=O)c2cc(NC(C)=O)ccc2o1. The first-order chi connectivity index (χ1) is 9.01. The monoisotopic (exact) mass is 261 g/mol. The second kappa shape index (κ2) is 4.93. The van der Waals surface area contributed by atoms with E-state index in [0.717, 1.165) is 6.07 Å². The van der Waals surface area contributed by atoms with E-state index in [4.69, 9.17) is 4.42 Å². The van der Waals surface area contributed by atoms with Crippen molar-refractivity contribution in [3.63, 3.8) is 0 Å². The van der Waals surface area contributed by atoms with Crippen molar-refractivity contribution in [1.82, 2.24) is 0 Å². The Morgan fingerprint density at radius 1 is 1.26 bits per heavy atom. The van der Waals surface area contributed by atoms with E-state index in [1.54, 1.807) is 6.07 Å². The zero-order chi connectivity index (χ0) is 14.0. The average Bonchev–Trinajstić information content (AvgIpc) is 2.37. The second-order valence-corrected chi connectivity index (χ2v) is 3.86. The number of benzene rings is 1. The lowest BCUT2D eigenvalue weighted by Gasteiger charge is -2.04. The summed E-state index contributed by atoms with van der Waals surface area (Å²) in [7, 11) is 1.20. The molecule has 19 heavy (non-hydrogen) atoms. The molecular formula is C13H11NO5. The summed E-state index contributed by atoms with van der Waals surface area (Å²) in [5.41, 5.74) is 0.356. The smallest absolute Gasteiger partial charge is 0.374 e. The number of carbonyl (C=O) groups is 2. The van der Waals surface area contributed by atoms with Crippen molar-refractivity contribution in [2.24, 2.45) is 0 Å². The number of rotatable bonds is 2. The second-order valence-electron chi connectivity index (χ2n) is 3.86. The number of esters is 1. The van der Waals surface area contributed by atoms with E-state index >= 15 is 0 Å². The Morgan fingerprint density at radius 2 is 2.00 bits per heavy atom. The molecule has 1 aromatic heterocycles. The van der Waals surface area contributed by atoms with Gasteiger partial charge in [0.2, 0.25) is 11.7 Å². The van der Waals surface area contributed by atoms with E-state index in [-0.39, 0.29) is 28.1 Å². The quantitative estimate of drug-likeness (QED) is 0.829. The maximum absolute atomic E-state index is 11.9. The fourth-order valence-electron chi connectivity index (χ4n) is 1.64. The van der Waals surface area contributed by atoms with Crippen LogP contribution in [-0.2, 0) is 9.53 Å². The molecule has 2 rings (SSSR count). The van der Waals surface area contributed by atoms with Crippen molar-refractivity contribution in [3.05, 3.63) is 40.2 Å². The first kappa shape index (κ1) is 12.8. The predicted octanol–water partition coefficient (Wildman–Crippen LogP) is 1.54. The van der Waals surface area contributed by atoms with Gasteiger partial charge >= 0.3 is 5.97 Å². The number of hydrogen-bond donors (Lipinski definition) is 1. The van der Waals surface area contributed by atoms with Crippen LogP contribution in [0.1, 0.15) is 17.5 Å². The Kier molecular flexibility index (Phi) is 3.33. The molecule has 2 aromatic rings. The van der Waals surface area contributed by atoms with Gasteiger partial charge in [-0.15, -0.1) is 0 Å². The molecule has 0 unspecified atom stereocenters. The van der Waals surface area contributed by atoms with E-state index in [2.05, 4.69) is 10.1 Å². The molecule has 0 saturated carbocycles. The van der Waals surface area contributed by atoms with Crippen LogP contribution in [0.15, 0.2) is 33.5 Å². The molecule has 0 saturated heterocycles. The van der Waals surface area contributed by atoms with Gasteiger partial charge in [-0.25, -0.2) is 4.79 Å². The molecule has 1 N–H and O–H groups in total. The van der Waals surface area contributed by atoms with Gasteiger partial charge in [0.05, 0.1) is 12.5 Å². The highest BCUT2D eigenvalue weighted by Gasteiger charge is 2.12. The predicted molar refractivity (Wildman–Crippen MR) is 68.1 cm³/mol.